The summed E-state index contributed by atoms with van der Waals surface area (Å²) in [6, 6.07) is 0. The van der Waals surface area contributed by atoms with Crippen molar-refractivity contribution in [1.29, 1.82) is 0 Å². The summed E-state index contributed by atoms with van der Waals surface area (Å²) < 4.78 is 44.2. The van der Waals surface area contributed by atoms with E-state index in [1.165, 1.54) is 0 Å². The van der Waals surface area contributed by atoms with E-state index in [9.17, 15) is 18.0 Å². The summed E-state index contributed by atoms with van der Waals surface area (Å²) >= 11 is 0. The number of alkyl halides is 3. The molecule has 25 heavy (non-hydrogen) atoms. The van der Waals surface area contributed by atoms with Crippen LogP contribution in [0, 0.1) is 5.92 Å². The Morgan fingerprint density at radius 3 is 2.72 bits per heavy atom. The molecule has 2 heterocycles. The van der Waals surface area contributed by atoms with Crippen molar-refractivity contribution in [2.75, 3.05) is 30.7 Å². The maximum absolute atomic E-state index is 13.0. The van der Waals surface area contributed by atoms with Gasteiger partial charge in [-0.2, -0.15) is 18.2 Å². The smallest absolute Gasteiger partial charge is 0.421 e. The number of amides is 1. The number of hydrogen-bond donors (Lipinski definition) is 2. The Bertz CT molecular complexity index is 631. The molecule has 1 aliphatic rings. The Balaban J connectivity index is 1.95. The molecule has 0 aromatic carbocycles. The standard InChI is InChI=1S/C15H22F3N5O2/c1-14(2,3)25-13(24)23-5-4-9(8-23)6-20-11-10(15(16,17)18)7-21-12(19)22-11/h7,9H,4-6,8H2,1-3H3,(H3,19,20,21,22). The molecule has 10 heteroatoms. The molecule has 0 saturated carbocycles. The van der Waals surface area contributed by atoms with Crippen LogP contribution >= 0.6 is 0 Å². The fourth-order valence-corrected chi connectivity index (χ4v) is 2.47. The minimum atomic E-state index is -4.58. The zero-order valence-electron chi connectivity index (χ0n) is 14.4. The number of hydrogen-bond acceptors (Lipinski definition) is 6. The van der Waals surface area contributed by atoms with E-state index in [-0.39, 0.29) is 24.2 Å². The van der Waals surface area contributed by atoms with E-state index in [2.05, 4.69) is 15.3 Å². The van der Waals surface area contributed by atoms with Crippen LogP contribution in [0.2, 0.25) is 0 Å². The van der Waals surface area contributed by atoms with Gasteiger partial charge in [0.1, 0.15) is 17.0 Å². The lowest BCUT2D eigenvalue weighted by atomic mass is 10.1. The normalized spacial score (nSPS) is 18.3. The van der Waals surface area contributed by atoms with Gasteiger partial charge in [-0.25, -0.2) is 9.78 Å². The minimum absolute atomic E-state index is 0.00945. The van der Waals surface area contributed by atoms with E-state index in [1.54, 1.807) is 25.7 Å². The van der Waals surface area contributed by atoms with Crippen LogP contribution in [0.25, 0.3) is 0 Å². The molecule has 140 valence electrons. The first-order valence-electron chi connectivity index (χ1n) is 7.87. The van der Waals surface area contributed by atoms with Crippen LogP contribution in [-0.4, -0.2) is 46.2 Å². The second-order valence-corrected chi connectivity index (χ2v) is 6.95. The summed E-state index contributed by atoms with van der Waals surface area (Å²) in [4.78, 5) is 20.6. The van der Waals surface area contributed by atoms with Gasteiger partial charge in [-0.15, -0.1) is 0 Å². The van der Waals surface area contributed by atoms with Crippen molar-refractivity contribution >= 4 is 17.9 Å². The van der Waals surface area contributed by atoms with E-state index < -0.39 is 23.4 Å². The summed E-state index contributed by atoms with van der Waals surface area (Å²) in [7, 11) is 0. The predicted molar refractivity (Wildman–Crippen MR) is 85.9 cm³/mol. The van der Waals surface area contributed by atoms with Gasteiger partial charge in [0.2, 0.25) is 5.95 Å². The van der Waals surface area contributed by atoms with Gasteiger partial charge in [-0.3, -0.25) is 0 Å². The molecule has 1 atom stereocenters. The van der Waals surface area contributed by atoms with Crippen LogP contribution in [0.1, 0.15) is 32.8 Å². The Hall–Kier alpha value is -2.26. The molecule has 1 aliphatic heterocycles. The van der Waals surface area contributed by atoms with Crippen LogP contribution in [0.15, 0.2) is 6.20 Å². The van der Waals surface area contributed by atoms with Crippen molar-refractivity contribution < 1.29 is 22.7 Å². The molecule has 1 aromatic rings. The molecule has 1 fully saturated rings. The predicted octanol–water partition coefficient (Wildman–Crippen LogP) is 2.75. The molecule has 0 bridgehead atoms. The number of nitrogens with one attached hydrogen (secondary N) is 1. The number of likely N-dealkylation sites (tertiary alicyclic amines) is 1. The number of carbonyl (C=O) groups is 1. The summed E-state index contributed by atoms with van der Waals surface area (Å²) in [6.45, 7) is 6.47. The fraction of sp³-hybridized carbons (Fsp3) is 0.667. The average Bonchev–Trinajstić information content (AvgIpc) is 2.91. The number of nitrogens with zero attached hydrogens (tertiary/aromatic N) is 3. The van der Waals surface area contributed by atoms with Crippen molar-refractivity contribution in [2.45, 2.75) is 39.0 Å². The number of nitrogens with two attached hydrogens (primary N) is 1. The number of anilines is 2. The highest BCUT2D eigenvalue weighted by Crippen LogP contribution is 2.33. The molecular weight excluding hydrogens is 339 g/mol. The highest BCUT2D eigenvalue weighted by molar-refractivity contribution is 5.68. The van der Waals surface area contributed by atoms with E-state index in [0.29, 0.717) is 25.7 Å². The fourth-order valence-electron chi connectivity index (χ4n) is 2.47. The Labute approximate surface area is 143 Å². The lowest BCUT2D eigenvalue weighted by molar-refractivity contribution is -0.137. The van der Waals surface area contributed by atoms with Gasteiger partial charge in [0.05, 0.1) is 0 Å². The monoisotopic (exact) mass is 361 g/mol. The summed E-state index contributed by atoms with van der Waals surface area (Å²) in [5.74, 6) is -0.599. The number of rotatable bonds is 3. The highest BCUT2D eigenvalue weighted by Gasteiger charge is 2.36. The van der Waals surface area contributed by atoms with E-state index in [4.69, 9.17) is 10.5 Å². The van der Waals surface area contributed by atoms with Crippen molar-refractivity contribution in [3.05, 3.63) is 11.8 Å². The van der Waals surface area contributed by atoms with Gasteiger partial charge in [-0.05, 0) is 33.1 Å². The molecule has 0 aliphatic carbocycles. The molecule has 1 amide bonds. The topological polar surface area (TPSA) is 93.4 Å². The zero-order chi connectivity index (χ0) is 18.8. The van der Waals surface area contributed by atoms with Gasteiger partial charge in [0.25, 0.3) is 0 Å². The zero-order valence-corrected chi connectivity index (χ0v) is 14.4. The lowest BCUT2D eigenvalue weighted by Crippen LogP contribution is -2.35. The molecular formula is C15H22F3N5O2. The summed E-state index contributed by atoms with van der Waals surface area (Å²) in [5.41, 5.74) is 3.82. The molecule has 7 nitrogen and oxygen atoms in total. The largest absolute Gasteiger partial charge is 0.444 e. The lowest BCUT2D eigenvalue weighted by Gasteiger charge is -2.24. The summed E-state index contributed by atoms with van der Waals surface area (Å²) in [5, 5.41) is 2.68. The van der Waals surface area contributed by atoms with E-state index in [0.717, 1.165) is 0 Å². The third-order valence-electron chi connectivity index (χ3n) is 3.61. The second kappa shape index (κ2) is 6.93. The SMILES string of the molecule is CC(C)(C)OC(=O)N1CCC(CNc2nc(N)ncc2C(F)(F)F)C1. The van der Waals surface area contributed by atoms with Gasteiger partial charge in [-0.1, -0.05) is 0 Å². The highest BCUT2D eigenvalue weighted by atomic mass is 19.4. The first-order chi connectivity index (χ1) is 11.5. The van der Waals surface area contributed by atoms with Crippen LogP contribution < -0.4 is 11.1 Å². The first kappa shape index (κ1) is 19.1. The van der Waals surface area contributed by atoms with Crippen molar-refractivity contribution in [2.24, 2.45) is 5.92 Å². The molecule has 3 N–H and O–H groups in total. The summed E-state index contributed by atoms with van der Waals surface area (Å²) in [6.07, 6.45) is -3.67. The van der Waals surface area contributed by atoms with Gasteiger partial charge >= 0.3 is 12.3 Å². The molecule has 1 unspecified atom stereocenters. The van der Waals surface area contributed by atoms with Crippen molar-refractivity contribution in [1.82, 2.24) is 14.9 Å². The molecule has 2 rings (SSSR count). The number of halogens is 3. The third-order valence-corrected chi connectivity index (χ3v) is 3.61. The molecule has 1 saturated heterocycles. The minimum Gasteiger partial charge on any atom is -0.444 e. The third kappa shape index (κ3) is 5.36. The number of ether oxygens (including phenoxy) is 1. The van der Waals surface area contributed by atoms with Gasteiger partial charge < -0.3 is 20.7 Å². The molecule has 0 spiro atoms. The Morgan fingerprint density at radius 2 is 2.12 bits per heavy atom. The first-order valence-corrected chi connectivity index (χ1v) is 7.87. The van der Waals surface area contributed by atoms with Crippen LogP contribution in [0.4, 0.5) is 29.7 Å². The number of carbonyl (C=O) groups excluding carboxylic acids is 1. The van der Waals surface area contributed by atoms with E-state index in [1.807, 2.05) is 0 Å². The Kier molecular flexibility index (Phi) is 5.28. The van der Waals surface area contributed by atoms with Gasteiger partial charge in [0.15, 0.2) is 0 Å². The molecule has 1 aromatic heterocycles. The quantitative estimate of drug-likeness (QED) is 0.860. The number of aromatic nitrogens is 2. The van der Waals surface area contributed by atoms with Crippen molar-refractivity contribution in [3.8, 4) is 0 Å². The maximum Gasteiger partial charge on any atom is 0.421 e. The molecule has 0 radical (unpaired) electrons. The second-order valence-electron chi connectivity index (χ2n) is 6.95. The number of nitrogen functional groups attached to an aromatic ring is 1. The van der Waals surface area contributed by atoms with Crippen molar-refractivity contribution in [3.63, 3.8) is 0 Å². The Morgan fingerprint density at radius 1 is 1.44 bits per heavy atom. The van der Waals surface area contributed by atoms with E-state index >= 15 is 0 Å². The van der Waals surface area contributed by atoms with Gasteiger partial charge in [0, 0.05) is 25.8 Å². The average molecular weight is 361 g/mol. The van der Waals surface area contributed by atoms with Crippen LogP contribution in [-0.2, 0) is 10.9 Å². The van der Waals surface area contributed by atoms with Crippen LogP contribution in [0.5, 0.6) is 0 Å². The maximum atomic E-state index is 13.0. The van der Waals surface area contributed by atoms with Crippen LogP contribution in [0.3, 0.4) is 0 Å².